The van der Waals surface area contributed by atoms with Gasteiger partial charge in [-0.15, -0.1) is 0 Å². The summed E-state index contributed by atoms with van der Waals surface area (Å²) in [5.74, 6) is -2.22. The van der Waals surface area contributed by atoms with Crippen LogP contribution in [0.3, 0.4) is 0 Å². The van der Waals surface area contributed by atoms with E-state index in [2.05, 4.69) is 0 Å². The molecule has 0 atom stereocenters. The van der Waals surface area contributed by atoms with Gasteiger partial charge in [-0.3, -0.25) is 9.69 Å². The van der Waals surface area contributed by atoms with Gasteiger partial charge in [0, 0.05) is 11.3 Å². The van der Waals surface area contributed by atoms with Gasteiger partial charge in [0.15, 0.2) is 0 Å². The highest BCUT2D eigenvalue weighted by Gasteiger charge is 2.57. The molecule has 2 N–H and O–H groups in total. The number of rotatable bonds is 3. The van der Waals surface area contributed by atoms with E-state index in [1.54, 1.807) is 42.5 Å². The fourth-order valence-electron chi connectivity index (χ4n) is 3.88. The van der Waals surface area contributed by atoms with E-state index in [0.29, 0.717) is 22.6 Å². The van der Waals surface area contributed by atoms with Gasteiger partial charge in [-0.25, -0.2) is 8.42 Å². The number of hydrogen-bond acceptors (Lipinski definition) is 6. The van der Waals surface area contributed by atoms with Crippen molar-refractivity contribution >= 4 is 44.4 Å². The van der Waals surface area contributed by atoms with Crippen molar-refractivity contribution in [2.75, 3.05) is 23.8 Å². The van der Waals surface area contributed by atoms with Crippen LogP contribution in [0.2, 0.25) is 5.02 Å². The molecule has 158 valence electrons. The summed E-state index contributed by atoms with van der Waals surface area (Å²) in [7, 11) is -3.80. The molecule has 1 fully saturated rings. The molecule has 3 aromatic rings. The maximum absolute atomic E-state index is 13.5. The first kappa shape index (κ1) is 20.0. The molecule has 0 aromatic heterocycles. The van der Waals surface area contributed by atoms with Crippen molar-refractivity contribution in [2.24, 2.45) is 0 Å². The third-order valence-corrected chi connectivity index (χ3v) is 7.39. The Kier molecular flexibility index (Phi) is 4.56. The number of fused-ring (bicyclic) bond motifs is 2. The minimum Gasteiger partial charge on any atom is -0.399 e. The molecular formula is C22H17ClN2O5S. The third kappa shape index (κ3) is 2.95. The summed E-state index contributed by atoms with van der Waals surface area (Å²) in [4.78, 5) is 15.1. The number of nitrogens with two attached hydrogens (primary N) is 1. The predicted octanol–water partition coefficient (Wildman–Crippen LogP) is 3.63. The number of anilines is 3. The smallest absolute Gasteiger partial charge is 0.297 e. The minimum atomic E-state index is -3.80. The van der Waals surface area contributed by atoms with Gasteiger partial charge < -0.3 is 15.2 Å². The van der Waals surface area contributed by atoms with Crippen molar-refractivity contribution in [1.82, 2.24) is 0 Å². The second-order valence-corrected chi connectivity index (χ2v) is 9.52. The highest BCUT2D eigenvalue weighted by atomic mass is 35.5. The maximum Gasteiger partial charge on any atom is 0.297 e. The lowest BCUT2D eigenvalue weighted by Crippen LogP contribution is -2.39. The highest BCUT2D eigenvalue weighted by Crippen LogP contribution is 2.50. The van der Waals surface area contributed by atoms with Crippen molar-refractivity contribution < 1.29 is 22.7 Å². The summed E-state index contributed by atoms with van der Waals surface area (Å²) in [6, 6.07) is 17.3. The van der Waals surface area contributed by atoms with Crippen LogP contribution in [0, 0.1) is 0 Å². The molecule has 1 amide bonds. The van der Waals surface area contributed by atoms with Gasteiger partial charge in [0.2, 0.25) is 9.84 Å². The normalized spacial score (nSPS) is 17.3. The lowest BCUT2D eigenvalue weighted by atomic mass is 10.1. The lowest BCUT2D eigenvalue weighted by Gasteiger charge is -2.22. The van der Waals surface area contributed by atoms with Crippen LogP contribution < -0.4 is 10.6 Å². The molecule has 0 bridgehead atoms. The summed E-state index contributed by atoms with van der Waals surface area (Å²) in [5.41, 5.74) is 7.40. The minimum absolute atomic E-state index is 0.0361. The maximum atomic E-state index is 13.5. The van der Waals surface area contributed by atoms with E-state index in [4.69, 9.17) is 26.8 Å². The van der Waals surface area contributed by atoms with Crippen molar-refractivity contribution in [3.05, 3.63) is 77.3 Å². The molecule has 0 aliphatic carbocycles. The van der Waals surface area contributed by atoms with Gasteiger partial charge >= 0.3 is 0 Å². The van der Waals surface area contributed by atoms with E-state index in [1.807, 2.05) is 0 Å². The second kappa shape index (κ2) is 7.06. The zero-order valence-electron chi connectivity index (χ0n) is 16.1. The number of amides is 1. The van der Waals surface area contributed by atoms with Gasteiger partial charge in [0.1, 0.15) is 0 Å². The quantitative estimate of drug-likeness (QED) is 0.604. The molecule has 0 radical (unpaired) electrons. The lowest BCUT2D eigenvalue weighted by molar-refractivity contribution is -0.180. The average Bonchev–Trinajstić information content (AvgIpc) is 3.34. The zero-order chi connectivity index (χ0) is 21.8. The molecule has 1 spiro atoms. The standard InChI is InChI=1S/C22H17ClN2O5S/c23-18-12-14(24)6-8-20(18)25-19-9-7-16(31(27,28)15-4-2-1-3-5-15)13-17(19)22(21(25)26)29-10-11-30-22/h1-9,12-13H,10-11,24H2. The summed E-state index contributed by atoms with van der Waals surface area (Å²) >= 11 is 6.37. The van der Waals surface area contributed by atoms with Crippen LogP contribution in [0.4, 0.5) is 17.1 Å². The van der Waals surface area contributed by atoms with Gasteiger partial charge in [-0.2, -0.15) is 0 Å². The Morgan fingerprint density at radius 3 is 2.26 bits per heavy atom. The third-order valence-electron chi connectivity index (χ3n) is 5.32. The largest absolute Gasteiger partial charge is 0.399 e. The van der Waals surface area contributed by atoms with Crippen molar-refractivity contribution in [2.45, 2.75) is 15.6 Å². The zero-order valence-corrected chi connectivity index (χ0v) is 17.7. The van der Waals surface area contributed by atoms with Gasteiger partial charge in [-0.05, 0) is 48.5 Å². The molecule has 9 heteroatoms. The number of nitrogen functional groups attached to an aromatic ring is 1. The number of nitrogens with zero attached hydrogens (tertiary/aromatic N) is 1. The Morgan fingerprint density at radius 2 is 1.58 bits per heavy atom. The number of carbonyl (C=O) groups is 1. The van der Waals surface area contributed by atoms with E-state index in [9.17, 15) is 13.2 Å². The van der Waals surface area contributed by atoms with E-state index < -0.39 is 21.5 Å². The number of halogens is 1. The van der Waals surface area contributed by atoms with E-state index in [0.717, 1.165) is 0 Å². The van der Waals surface area contributed by atoms with Crippen molar-refractivity contribution in [3.8, 4) is 0 Å². The van der Waals surface area contributed by atoms with Crippen LogP contribution in [0.1, 0.15) is 5.56 Å². The molecule has 1 saturated heterocycles. The number of ether oxygens (including phenoxy) is 2. The fourth-order valence-corrected chi connectivity index (χ4v) is 5.46. The summed E-state index contributed by atoms with van der Waals surface area (Å²) in [6.45, 7) is 0.397. The molecule has 0 unspecified atom stereocenters. The van der Waals surface area contributed by atoms with Crippen LogP contribution in [0.25, 0.3) is 0 Å². The number of carbonyl (C=O) groups excluding carboxylic acids is 1. The highest BCUT2D eigenvalue weighted by molar-refractivity contribution is 7.91. The van der Waals surface area contributed by atoms with E-state index in [1.165, 1.54) is 29.2 Å². The van der Waals surface area contributed by atoms with Gasteiger partial charge in [-0.1, -0.05) is 29.8 Å². The first-order valence-electron chi connectivity index (χ1n) is 9.47. The molecule has 3 aromatic carbocycles. The first-order valence-corrected chi connectivity index (χ1v) is 11.3. The van der Waals surface area contributed by atoms with Gasteiger partial charge in [0.05, 0.1) is 39.4 Å². The summed E-state index contributed by atoms with van der Waals surface area (Å²) < 4.78 is 37.8. The Morgan fingerprint density at radius 1 is 0.903 bits per heavy atom. The predicted molar refractivity (Wildman–Crippen MR) is 115 cm³/mol. The van der Waals surface area contributed by atoms with Crippen LogP contribution in [-0.4, -0.2) is 27.5 Å². The molecule has 2 heterocycles. The Hall–Kier alpha value is -2.91. The topological polar surface area (TPSA) is 98.9 Å². The van der Waals surface area contributed by atoms with Crippen LogP contribution in [0.15, 0.2) is 76.5 Å². The van der Waals surface area contributed by atoms with Crippen LogP contribution >= 0.6 is 11.6 Å². The Balaban J connectivity index is 1.70. The molecule has 5 rings (SSSR count). The van der Waals surface area contributed by atoms with Gasteiger partial charge in [0.25, 0.3) is 11.7 Å². The number of hydrogen-bond donors (Lipinski definition) is 1. The monoisotopic (exact) mass is 456 g/mol. The molecule has 2 aliphatic rings. The molecular weight excluding hydrogens is 440 g/mol. The summed E-state index contributed by atoms with van der Waals surface area (Å²) in [6.07, 6.45) is 0. The molecule has 7 nitrogen and oxygen atoms in total. The molecule has 0 saturated carbocycles. The van der Waals surface area contributed by atoms with Crippen LogP contribution in [-0.2, 0) is 29.9 Å². The first-order chi connectivity index (χ1) is 14.8. The van der Waals surface area contributed by atoms with Crippen LogP contribution in [0.5, 0.6) is 0 Å². The number of sulfone groups is 1. The second-order valence-electron chi connectivity index (χ2n) is 7.16. The molecule has 31 heavy (non-hydrogen) atoms. The summed E-state index contributed by atoms with van der Waals surface area (Å²) in [5, 5.41) is 0.273. The van der Waals surface area contributed by atoms with E-state index >= 15 is 0 Å². The fraction of sp³-hybridized carbons (Fsp3) is 0.136. The number of benzene rings is 3. The Bertz CT molecular complexity index is 1300. The van der Waals surface area contributed by atoms with Crippen molar-refractivity contribution in [3.63, 3.8) is 0 Å². The van der Waals surface area contributed by atoms with Crippen molar-refractivity contribution in [1.29, 1.82) is 0 Å². The average molecular weight is 457 g/mol. The SMILES string of the molecule is Nc1ccc(N2C(=O)C3(OCCO3)c3cc(S(=O)(=O)c4ccccc4)ccc32)c(Cl)c1. The Labute approximate surface area is 183 Å². The molecule has 2 aliphatic heterocycles. The van der Waals surface area contributed by atoms with E-state index in [-0.39, 0.29) is 28.0 Å².